The largest absolute Gasteiger partial charge is 0.372 e. The van der Waals surface area contributed by atoms with E-state index in [2.05, 4.69) is 51.1 Å². The van der Waals surface area contributed by atoms with Crippen LogP contribution >= 0.6 is 0 Å². The fourth-order valence-electron chi connectivity index (χ4n) is 2.18. The number of rotatable bonds is 2. The summed E-state index contributed by atoms with van der Waals surface area (Å²) in [7, 11) is 0. The van der Waals surface area contributed by atoms with Crippen molar-refractivity contribution in [2.45, 2.75) is 32.8 Å². The maximum Gasteiger partial charge on any atom is 0.0883 e. The third-order valence-corrected chi connectivity index (χ3v) is 2.82. The van der Waals surface area contributed by atoms with Crippen molar-refractivity contribution < 1.29 is 4.74 Å². The van der Waals surface area contributed by atoms with E-state index in [-0.39, 0.29) is 5.41 Å². The van der Waals surface area contributed by atoms with Crippen molar-refractivity contribution in [3.8, 4) is 0 Å². The predicted molar refractivity (Wildman–Crippen MR) is 58.4 cm³/mol. The molecule has 0 aromatic heterocycles. The molecule has 76 valence electrons. The lowest BCUT2D eigenvalue weighted by Gasteiger charge is -2.29. The molecule has 14 heavy (non-hydrogen) atoms. The lowest BCUT2D eigenvalue weighted by atomic mass is 9.75. The average molecular weight is 190 g/mol. The number of hydrogen-bond acceptors (Lipinski definition) is 1. The van der Waals surface area contributed by atoms with Crippen LogP contribution in [0.1, 0.15) is 32.3 Å². The quantitative estimate of drug-likeness (QED) is 0.652. The second-order valence-corrected chi connectivity index (χ2v) is 5.13. The van der Waals surface area contributed by atoms with E-state index in [4.69, 9.17) is 4.74 Å². The molecule has 0 aliphatic carbocycles. The van der Waals surface area contributed by atoms with E-state index in [0.29, 0.717) is 12.0 Å². The fraction of sp³-hybridized carbons (Fsp3) is 0.538. The van der Waals surface area contributed by atoms with Gasteiger partial charge in [0.25, 0.3) is 0 Å². The Labute approximate surface area is 86.1 Å². The van der Waals surface area contributed by atoms with Gasteiger partial charge in [0.2, 0.25) is 0 Å². The van der Waals surface area contributed by atoms with Gasteiger partial charge >= 0.3 is 0 Å². The van der Waals surface area contributed by atoms with Crippen LogP contribution in [0.5, 0.6) is 0 Å². The normalized spacial score (nSPS) is 23.2. The minimum Gasteiger partial charge on any atom is -0.372 e. The minimum absolute atomic E-state index is 0.280. The highest BCUT2D eigenvalue weighted by Crippen LogP contribution is 2.42. The Kier molecular flexibility index (Phi) is 2.36. The van der Waals surface area contributed by atoms with E-state index < -0.39 is 0 Å². The zero-order chi connectivity index (χ0) is 10.2. The van der Waals surface area contributed by atoms with Crippen LogP contribution in [-0.2, 0) is 4.74 Å². The molecule has 1 aliphatic heterocycles. The summed E-state index contributed by atoms with van der Waals surface area (Å²) >= 11 is 0. The van der Waals surface area contributed by atoms with E-state index in [1.807, 2.05) is 0 Å². The molecule has 1 aromatic carbocycles. The Bertz CT molecular complexity index is 293. The molecular weight excluding hydrogens is 172 g/mol. The first kappa shape index (κ1) is 9.72. The minimum atomic E-state index is 0.280. The molecule has 1 nitrogen and oxygen atoms in total. The first-order chi connectivity index (χ1) is 6.59. The Morgan fingerprint density at radius 2 is 1.79 bits per heavy atom. The lowest BCUT2D eigenvalue weighted by molar-refractivity contribution is 0.252. The summed E-state index contributed by atoms with van der Waals surface area (Å²) in [6, 6.07) is 10.7. The van der Waals surface area contributed by atoms with Gasteiger partial charge in [-0.3, -0.25) is 0 Å². The fourth-order valence-corrected chi connectivity index (χ4v) is 2.18. The van der Waals surface area contributed by atoms with Crippen LogP contribution in [0.15, 0.2) is 30.3 Å². The molecule has 2 atom stereocenters. The summed E-state index contributed by atoms with van der Waals surface area (Å²) < 4.78 is 5.45. The van der Waals surface area contributed by atoms with Gasteiger partial charge in [0.1, 0.15) is 0 Å². The molecule has 0 bridgehead atoms. The van der Waals surface area contributed by atoms with Crippen molar-refractivity contribution in [1.82, 2.24) is 0 Å². The molecule has 1 heteroatoms. The molecule has 0 spiro atoms. The highest BCUT2D eigenvalue weighted by Gasteiger charge is 2.40. The predicted octanol–water partition coefficient (Wildman–Crippen LogP) is 3.22. The summed E-state index contributed by atoms with van der Waals surface area (Å²) in [5, 5.41) is 0. The molecule has 0 amide bonds. The summed E-state index contributed by atoms with van der Waals surface area (Å²) in [5.41, 5.74) is 1.69. The van der Waals surface area contributed by atoms with Crippen molar-refractivity contribution >= 4 is 0 Å². The van der Waals surface area contributed by atoms with Crippen LogP contribution in [0.3, 0.4) is 0 Å². The van der Waals surface area contributed by atoms with Crippen molar-refractivity contribution in [1.29, 1.82) is 0 Å². The average Bonchev–Trinajstić information content (AvgIpc) is 2.88. The SMILES string of the molecule is CC(C)(C)C(c1ccccc1)C1CO1. The Hall–Kier alpha value is -0.820. The number of ether oxygens (including phenoxy) is 1. The van der Waals surface area contributed by atoms with Gasteiger partial charge in [0, 0.05) is 5.92 Å². The van der Waals surface area contributed by atoms with Gasteiger partial charge in [-0.2, -0.15) is 0 Å². The molecule has 0 radical (unpaired) electrons. The molecular formula is C13H18O. The van der Waals surface area contributed by atoms with Crippen molar-refractivity contribution in [2.75, 3.05) is 6.61 Å². The monoisotopic (exact) mass is 190 g/mol. The molecule has 1 fully saturated rings. The maximum absolute atomic E-state index is 5.45. The van der Waals surface area contributed by atoms with Gasteiger partial charge < -0.3 is 4.74 Å². The third kappa shape index (κ3) is 1.98. The van der Waals surface area contributed by atoms with Gasteiger partial charge in [0.05, 0.1) is 12.7 Å². The van der Waals surface area contributed by atoms with Crippen LogP contribution < -0.4 is 0 Å². The molecule has 1 saturated heterocycles. The molecule has 1 aliphatic rings. The zero-order valence-electron chi connectivity index (χ0n) is 9.16. The van der Waals surface area contributed by atoms with Crippen LogP contribution in [-0.4, -0.2) is 12.7 Å². The van der Waals surface area contributed by atoms with Gasteiger partial charge in [-0.05, 0) is 11.0 Å². The van der Waals surface area contributed by atoms with Crippen LogP contribution in [0.25, 0.3) is 0 Å². The highest BCUT2D eigenvalue weighted by atomic mass is 16.6. The van der Waals surface area contributed by atoms with Crippen molar-refractivity contribution in [2.24, 2.45) is 5.41 Å². The summed E-state index contributed by atoms with van der Waals surface area (Å²) in [5.74, 6) is 0.531. The molecule has 1 heterocycles. The summed E-state index contributed by atoms with van der Waals surface area (Å²) in [6.07, 6.45) is 0.442. The van der Waals surface area contributed by atoms with Crippen molar-refractivity contribution in [3.05, 3.63) is 35.9 Å². The van der Waals surface area contributed by atoms with Gasteiger partial charge in [0.15, 0.2) is 0 Å². The van der Waals surface area contributed by atoms with E-state index in [1.165, 1.54) is 5.56 Å². The summed E-state index contributed by atoms with van der Waals surface area (Å²) in [4.78, 5) is 0. The van der Waals surface area contributed by atoms with Crippen LogP contribution in [0.2, 0.25) is 0 Å². The Balaban J connectivity index is 2.28. The van der Waals surface area contributed by atoms with Gasteiger partial charge in [-0.15, -0.1) is 0 Å². The highest BCUT2D eigenvalue weighted by molar-refractivity contribution is 5.24. The standard InChI is InChI=1S/C13H18O/c1-13(2,3)12(11-9-14-11)10-7-5-4-6-8-10/h4-8,11-12H,9H2,1-3H3. The summed E-state index contributed by atoms with van der Waals surface area (Å²) in [6.45, 7) is 7.78. The van der Waals surface area contributed by atoms with E-state index in [9.17, 15) is 0 Å². The van der Waals surface area contributed by atoms with Crippen LogP contribution in [0, 0.1) is 5.41 Å². The molecule has 1 aromatic rings. The Morgan fingerprint density at radius 3 is 2.21 bits per heavy atom. The smallest absolute Gasteiger partial charge is 0.0883 e. The molecule has 0 N–H and O–H groups in total. The zero-order valence-corrected chi connectivity index (χ0v) is 9.16. The van der Waals surface area contributed by atoms with Gasteiger partial charge in [-0.25, -0.2) is 0 Å². The van der Waals surface area contributed by atoms with E-state index in [1.54, 1.807) is 0 Å². The van der Waals surface area contributed by atoms with E-state index in [0.717, 1.165) is 6.61 Å². The maximum atomic E-state index is 5.45. The molecule has 2 unspecified atom stereocenters. The van der Waals surface area contributed by atoms with Crippen LogP contribution in [0.4, 0.5) is 0 Å². The second-order valence-electron chi connectivity index (χ2n) is 5.13. The van der Waals surface area contributed by atoms with E-state index >= 15 is 0 Å². The number of epoxide rings is 1. The number of benzene rings is 1. The second kappa shape index (κ2) is 3.39. The lowest BCUT2D eigenvalue weighted by Crippen LogP contribution is -2.23. The molecule has 0 saturated carbocycles. The topological polar surface area (TPSA) is 12.5 Å². The first-order valence-corrected chi connectivity index (χ1v) is 5.25. The van der Waals surface area contributed by atoms with Gasteiger partial charge in [-0.1, -0.05) is 51.1 Å². The third-order valence-electron chi connectivity index (χ3n) is 2.82. The number of hydrogen-bond donors (Lipinski definition) is 0. The van der Waals surface area contributed by atoms with Crippen molar-refractivity contribution in [3.63, 3.8) is 0 Å². The first-order valence-electron chi connectivity index (χ1n) is 5.25. The molecule has 2 rings (SSSR count). The Morgan fingerprint density at radius 1 is 1.21 bits per heavy atom.